The molecule has 0 saturated carbocycles. The maximum atomic E-state index is 13.2. The number of carbonyl (C=O) groups is 1. The van der Waals surface area contributed by atoms with Gasteiger partial charge in [0, 0.05) is 42.0 Å². The van der Waals surface area contributed by atoms with Crippen LogP contribution in [0.15, 0.2) is 85.1 Å². The zero-order valence-corrected chi connectivity index (χ0v) is 19.9. The molecular weight excluding hydrogens is 404 g/mol. The number of nitrogens with zero attached hydrogens (tertiary/aromatic N) is 1. The third kappa shape index (κ3) is 5.54. The number of rotatable bonds is 9. The lowest BCUT2D eigenvalue weighted by molar-refractivity contribution is -0.121. The molecule has 0 aliphatic carbocycles. The summed E-state index contributed by atoms with van der Waals surface area (Å²) in [5.74, 6) is 0.124. The fraction of sp³-hybridized carbons (Fsp3) is 0.300. The van der Waals surface area contributed by atoms with E-state index in [1.54, 1.807) is 0 Å². The fourth-order valence-corrected chi connectivity index (χ4v) is 4.64. The first-order chi connectivity index (χ1) is 16.0. The van der Waals surface area contributed by atoms with Gasteiger partial charge in [0.25, 0.3) is 0 Å². The molecule has 1 amide bonds. The number of aromatic nitrogens is 1. The largest absolute Gasteiger partial charge is 0.354 e. The lowest BCUT2D eigenvalue weighted by Crippen LogP contribution is -2.33. The van der Waals surface area contributed by atoms with Crippen LogP contribution in [0.2, 0.25) is 0 Å². The first kappa shape index (κ1) is 22.8. The van der Waals surface area contributed by atoms with Gasteiger partial charge in [0.15, 0.2) is 0 Å². The predicted octanol–water partition coefficient (Wildman–Crippen LogP) is 6.63. The highest BCUT2D eigenvalue weighted by molar-refractivity contribution is 5.86. The molecule has 1 aromatic heterocycles. The number of para-hydroxylation sites is 1. The Balaban J connectivity index is 1.55. The molecule has 3 heteroatoms. The van der Waals surface area contributed by atoms with Crippen LogP contribution in [0.25, 0.3) is 10.9 Å². The first-order valence-corrected chi connectivity index (χ1v) is 12.0. The minimum atomic E-state index is 0.0182. The highest BCUT2D eigenvalue weighted by Gasteiger charge is 2.23. The smallest absolute Gasteiger partial charge is 0.221 e. The van der Waals surface area contributed by atoms with Crippen LogP contribution in [0, 0.1) is 6.92 Å². The maximum absolute atomic E-state index is 13.2. The van der Waals surface area contributed by atoms with E-state index in [1.165, 1.54) is 33.2 Å². The Hall–Kier alpha value is -3.33. The monoisotopic (exact) mass is 438 g/mol. The van der Waals surface area contributed by atoms with E-state index in [0.717, 1.165) is 19.4 Å². The number of benzene rings is 3. The summed E-state index contributed by atoms with van der Waals surface area (Å²) in [6.07, 6.45) is 4.57. The molecule has 0 saturated heterocycles. The van der Waals surface area contributed by atoms with E-state index in [2.05, 4.69) is 110 Å². The number of hydrogen-bond acceptors (Lipinski definition) is 1. The van der Waals surface area contributed by atoms with E-state index < -0.39 is 0 Å². The second kappa shape index (κ2) is 10.5. The van der Waals surface area contributed by atoms with E-state index in [-0.39, 0.29) is 17.9 Å². The van der Waals surface area contributed by atoms with E-state index in [1.807, 2.05) is 6.07 Å². The van der Waals surface area contributed by atoms with Gasteiger partial charge in [0.05, 0.1) is 0 Å². The molecule has 4 rings (SSSR count). The second-order valence-corrected chi connectivity index (χ2v) is 9.05. The van der Waals surface area contributed by atoms with Gasteiger partial charge in [0.2, 0.25) is 5.91 Å². The summed E-state index contributed by atoms with van der Waals surface area (Å²) in [5, 5.41) is 4.49. The Morgan fingerprint density at radius 1 is 0.939 bits per heavy atom. The van der Waals surface area contributed by atoms with Crippen molar-refractivity contribution in [1.29, 1.82) is 0 Å². The standard InChI is InChI=1S/C30H34N2O/c1-4-32-21-28(26-12-8-9-13-29(26)32)27(25-18-14-22(2)15-19-25)20-30(33)31-23(3)16-17-24-10-6-5-7-11-24/h5-15,18-19,21,23,27H,4,16-17,20H2,1-3H3,(H,31,33)/t23-,27-/m0/s1. The predicted molar refractivity (Wildman–Crippen MR) is 138 cm³/mol. The Kier molecular flexibility index (Phi) is 7.29. The maximum Gasteiger partial charge on any atom is 0.221 e. The summed E-state index contributed by atoms with van der Waals surface area (Å²) in [5.41, 5.74) is 6.18. The molecule has 2 atom stereocenters. The molecular formula is C30H34N2O. The van der Waals surface area contributed by atoms with Crippen molar-refractivity contribution in [1.82, 2.24) is 9.88 Å². The van der Waals surface area contributed by atoms with Crippen molar-refractivity contribution < 1.29 is 4.79 Å². The first-order valence-electron chi connectivity index (χ1n) is 12.0. The molecule has 3 nitrogen and oxygen atoms in total. The molecule has 0 fully saturated rings. The highest BCUT2D eigenvalue weighted by atomic mass is 16.1. The summed E-state index contributed by atoms with van der Waals surface area (Å²) in [7, 11) is 0. The molecule has 0 aliphatic heterocycles. The SMILES string of the molecule is CCn1cc([C@@H](CC(=O)N[C@@H](C)CCc2ccccc2)c2ccc(C)cc2)c2ccccc21. The number of carbonyl (C=O) groups excluding carboxylic acids is 1. The van der Waals surface area contributed by atoms with Gasteiger partial charge in [-0.2, -0.15) is 0 Å². The van der Waals surface area contributed by atoms with E-state index in [9.17, 15) is 4.79 Å². The van der Waals surface area contributed by atoms with Crippen LogP contribution in [0.5, 0.6) is 0 Å². The van der Waals surface area contributed by atoms with Crippen LogP contribution in [0.1, 0.15) is 54.9 Å². The number of amides is 1. The van der Waals surface area contributed by atoms with Crippen molar-refractivity contribution in [2.24, 2.45) is 0 Å². The highest BCUT2D eigenvalue weighted by Crippen LogP contribution is 2.35. The Morgan fingerprint density at radius 3 is 2.36 bits per heavy atom. The van der Waals surface area contributed by atoms with Crippen LogP contribution in [-0.4, -0.2) is 16.5 Å². The van der Waals surface area contributed by atoms with Crippen LogP contribution < -0.4 is 5.32 Å². The Bertz CT molecular complexity index is 1190. The van der Waals surface area contributed by atoms with Gasteiger partial charge in [-0.25, -0.2) is 0 Å². The van der Waals surface area contributed by atoms with Crippen molar-refractivity contribution in [3.8, 4) is 0 Å². The molecule has 3 aromatic carbocycles. The molecule has 1 heterocycles. The molecule has 0 bridgehead atoms. The van der Waals surface area contributed by atoms with Gasteiger partial charge >= 0.3 is 0 Å². The van der Waals surface area contributed by atoms with Gasteiger partial charge in [0.1, 0.15) is 0 Å². The third-order valence-electron chi connectivity index (χ3n) is 6.52. The molecule has 1 N–H and O–H groups in total. The molecule has 170 valence electrons. The average Bonchev–Trinajstić information content (AvgIpc) is 3.21. The normalized spacial score (nSPS) is 13.1. The van der Waals surface area contributed by atoms with Gasteiger partial charge in [-0.3, -0.25) is 4.79 Å². The average molecular weight is 439 g/mol. The summed E-state index contributed by atoms with van der Waals surface area (Å²) in [4.78, 5) is 13.2. The fourth-order valence-electron chi connectivity index (χ4n) is 4.64. The number of aryl methyl sites for hydroxylation is 3. The van der Waals surface area contributed by atoms with Crippen LogP contribution in [0.4, 0.5) is 0 Å². The van der Waals surface area contributed by atoms with Crippen LogP contribution in [-0.2, 0) is 17.8 Å². The number of nitrogens with one attached hydrogen (secondary N) is 1. The van der Waals surface area contributed by atoms with Gasteiger partial charge in [-0.05, 0) is 56.4 Å². The van der Waals surface area contributed by atoms with Crippen molar-refractivity contribution in [2.45, 2.75) is 58.5 Å². The molecule has 0 spiro atoms. The zero-order chi connectivity index (χ0) is 23.2. The lowest BCUT2D eigenvalue weighted by Gasteiger charge is -2.20. The summed E-state index contributed by atoms with van der Waals surface area (Å²) < 4.78 is 2.28. The minimum Gasteiger partial charge on any atom is -0.354 e. The summed E-state index contributed by atoms with van der Waals surface area (Å²) >= 11 is 0. The Labute approximate surface area is 197 Å². The summed E-state index contributed by atoms with van der Waals surface area (Å²) in [6.45, 7) is 7.27. The minimum absolute atomic E-state index is 0.0182. The van der Waals surface area contributed by atoms with Gasteiger partial charge in [-0.1, -0.05) is 78.4 Å². The van der Waals surface area contributed by atoms with E-state index in [4.69, 9.17) is 0 Å². The van der Waals surface area contributed by atoms with E-state index in [0.29, 0.717) is 6.42 Å². The summed E-state index contributed by atoms with van der Waals surface area (Å²) in [6, 6.07) is 27.7. The van der Waals surface area contributed by atoms with Crippen LogP contribution >= 0.6 is 0 Å². The third-order valence-corrected chi connectivity index (χ3v) is 6.52. The van der Waals surface area contributed by atoms with Gasteiger partial charge < -0.3 is 9.88 Å². The second-order valence-electron chi connectivity index (χ2n) is 9.05. The zero-order valence-electron chi connectivity index (χ0n) is 19.9. The Morgan fingerprint density at radius 2 is 1.64 bits per heavy atom. The molecule has 4 aromatic rings. The van der Waals surface area contributed by atoms with Crippen LogP contribution in [0.3, 0.4) is 0 Å². The quantitative estimate of drug-likeness (QED) is 0.313. The number of hydrogen-bond donors (Lipinski definition) is 1. The van der Waals surface area contributed by atoms with E-state index >= 15 is 0 Å². The molecule has 0 unspecified atom stereocenters. The molecule has 0 radical (unpaired) electrons. The lowest BCUT2D eigenvalue weighted by atomic mass is 9.87. The molecule has 33 heavy (non-hydrogen) atoms. The molecule has 0 aliphatic rings. The van der Waals surface area contributed by atoms with Crippen molar-refractivity contribution in [3.63, 3.8) is 0 Å². The van der Waals surface area contributed by atoms with Crippen molar-refractivity contribution >= 4 is 16.8 Å². The van der Waals surface area contributed by atoms with Crippen molar-refractivity contribution in [2.75, 3.05) is 0 Å². The van der Waals surface area contributed by atoms with Crippen molar-refractivity contribution in [3.05, 3.63) is 107 Å². The van der Waals surface area contributed by atoms with Gasteiger partial charge in [-0.15, -0.1) is 0 Å². The number of fused-ring (bicyclic) bond motifs is 1. The topological polar surface area (TPSA) is 34.0 Å².